The van der Waals surface area contributed by atoms with Gasteiger partial charge in [0.25, 0.3) is 0 Å². The van der Waals surface area contributed by atoms with E-state index in [9.17, 15) is 4.39 Å². The molecule has 5 heteroatoms. The predicted molar refractivity (Wildman–Crippen MR) is 113 cm³/mol. The van der Waals surface area contributed by atoms with Gasteiger partial charge in [-0.2, -0.15) is 0 Å². The van der Waals surface area contributed by atoms with Crippen molar-refractivity contribution in [1.82, 2.24) is 9.55 Å². The fourth-order valence-corrected chi connectivity index (χ4v) is 3.37. The first-order chi connectivity index (χ1) is 14.2. The van der Waals surface area contributed by atoms with Gasteiger partial charge in [-0.05, 0) is 61.4 Å². The quantitative estimate of drug-likeness (QED) is 0.362. The summed E-state index contributed by atoms with van der Waals surface area (Å²) in [6, 6.07) is 22.2. The molecule has 3 aromatic carbocycles. The molecule has 29 heavy (non-hydrogen) atoms. The van der Waals surface area contributed by atoms with E-state index in [1.54, 1.807) is 19.2 Å². The number of aryl methyl sites for hydroxylation is 1. The van der Waals surface area contributed by atoms with Crippen LogP contribution in [0, 0.1) is 5.82 Å². The molecule has 0 aliphatic carbocycles. The van der Waals surface area contributed by atoms with Gasteiger partial charge in [-0.1, -0.05) is 18.2 Å². The third kappa shape index (κ3) is 4.40. The van der Waals surface area contributed by atoms with Gasteiger partial charge in [-0.15, -0.1) is 0 Å². The van der Waals surface area contributed by atoms with Crippen LogP contribution < -0.4 is 9.47 Å². The van der Waals surface area contributed by atoms with Crippen molar-refractivity contribution >= 4 is 11.0 Å². The van der Waals surface area contributed by atoms with Crippen LogP contribution in [0.25, 0.3) is 22.4 Å². The summed E-state index contributed by atoms with van der Waals surface area (Å²) in [7, 11) is 1.65. The lowest BCUT2D eigenvalue weighted by Crippen LogP contribution is -2.04. The molecule has 4 aromatic rings. The van der Waals surface area contributed by atoms with E-state index in [2.05, 4.69) is 10.6 Å². The maximum absolute atomic E-state index is 13.3. The number of imidazole rings is 1. The predicted octanol–water partition coefficient (Wildman–Crippen LogP) is 5.71. The van der Waals surface area contributed by atoms with Crippen LogP contribution in [0.3, 0.4) is 0 Å². The molecule has 1 heterocycles. The molecule has 0 saturated carbocycles. The molecule has 0 aliphatic heterocycles. The number of methoxy groups -OCH3 is 1. The van der Waals surface area contributed by atoms with Crippen LogP contribution >= 0.6 is 0 Å². The van der Waals surface area contributed by atoms with Gasteiger partial charge < -0.3 is 14.0 Å². The Hall–Kier alpha value is -3.34. The van der Waals surface area contributed by atoms with E-state index in [-0.39, 0.29) is 5.82 Å². The normalized spacial score (nSPS) is 11.0. The van der Waals surface area contributed by atoms with Crippen LogP contribution in [0.4, 0.5) is 4.39 Å². The fourth-order valence-electron chi connectivity index (χ4n) is 3.37. The van der Waals surface area contributed by atoms with E-state index in [1.807, 2.05) is 42.5 Å². The number of para-hydroxylation sites is 2. The molecule has 0 fully saturated rings. The highest BCUT2D eigenvalue weighted by molar-refractivity contribution is 5.80. The number of benzene rings is 3. The summed E-state index contributed by atoms with van der Waals surface area (Å²) < 4.78 is 26.6. The zero-order chi connectivity index (χ0) is 20.1. The minimum absolute atomic E-state index is 0.244. The average Bonchev–Trinajstić information content (AvgIpc) is 3.13. The number of hydrogen-bond donors (Lipinski definition) is 0. The Balaban J connectivity index is 1.44. The number of aromatic nitrogens is 2. The minimum atomic E-state index is -0.244. The smallest absolute Gasteiger partial charge is 0.141 e. The first-order valence-electron chi connectivity index (χ1n) is 9.72. The topological polar surface area (TPSA) is 36.3 Å². The lowest BCUT2D eigenvalue weighted by molar-refractivity contribution is 0.301. The standard InChI is InChI=1S/C24H23FN2O2/c1-28-20-7-6-8-21(17-20)29-16-5-4-15-27-23-10-3-2-9-22(23)26-24(27)18-11-13-19(25)14-12-18/h2-3,6-14,17H,4-5,15-16H2,1H3. The Labute approximate surface area is 169 Å². The molecule has 0 radical (unpaired) electrons. The monoisotopic (exact) mass is 390 g/mol. The van der Waals surface area contributed by atoms with Crippen molar-refractivity contribution < 1.29 is 13.9 Å². The Morgan fingerprint density at radius 2 is 1.69 bits per heavy atom. The van der Waals surface area contributed by atoms with Crippen LogP contribution in [0.2, 0.25) is 0 Å². The summed E-state index contributed by atoms with van der Waals surface area (Å²) in [6.45, 7) is 1.44. The van der Waals surface area contributed by atoms with E-state index in [0.717, 1.165) is 53.3 Å². The number of rotatable bonds is 8. The Kier molecular flexibility index (Phi) is 5.75. The second-order valence-corrected chi connectivity index (χ2v) is 6.82. The summed E-state index contributed by atoms with van der Waals surface area (Å²) in [5.74, 6) is 2.21. The van der Waals surface area contributed by atoms with E-state index in [4.69, 9.17) is 14.5 Å². The number of ether oxygens (including phenoxy) is 2. The number of hydrogen-bond acceptors (Lipinski definition) is 3. The van der Waals surface area contributed by atoms with E-state index < -0.39 is 0 Å². The van der Waals surface area contributed by atoms with Crippen LogP contribution in [0.1, 0.15) is 12.8 Å². The first kappa shape index (κ1) is 19.0. The number of fused-ring (bicyclic) bond motifs is 1. The molecule has 4 nitrogen and oxygen atoms in total. The molecule has 148 valence electrons. The molecule has 0 saturated heterocycles. The third-order valence-electron chi connectivity index (χ3n) is 4.84. The highest BCUT2D eigenvalue weighted by Gasteiger charge is 2.12. The molecular formula is C24H23FN2O2. The zero-order valence-electron chi connectivity index (χ0n) is 16.3. The number of halogens is 1. The minimum Gasteiger partial charge on any atom is -0.497 e. The summed E-state index contributed by atoms with van der Waals surface area (Å²) in [6.07, 6.45) is 1.85. The summed E-state index contributed by atoms with van der Waals surface area (Å²) in [5.41, 5.74) is 2.94. The van der Waals surface area contributed by atoms with Gasteiger partial charge in [0.15, 0.2) is 0 Å². The van der Waals surface area contributed by atoms with Gasteiger partial charge in [-0.25, -0.2) is 9.37 Å². The van der Waals surface area contributed by atoms with Crippen molar-refractivity contribution in [2.24, 2.45) is 0 Å². The van der Waals surface area contributed by atoms with Gasteiger partial charge in [0, 0.05) is 18.2 Å². The van der Waals surface area contributed by atoms with Crippen molar-refractivity contribution in [3.63, 3.8) is 0 Å². The summed E-state index contributed by atoms with van der Waals surface area (Å²) in [4.78, 5) is 4.77. The van der Waals surface area contributed by atoms with Crippen molar-refractivity contribution in [2.75, 3.05) is 13.7 Å². The number of nitrogens with zero attached hydrogens (tertiary/aromatic N) is 2. The van der Waals surface area contributed by atoms with Crippen molar-refractivity contribution in [3.8, 4) is 22.9 Å². The van der Waals surface area contributed by atoms with E-state index in [1.165, 1.54) is 12.1 Å². The van der Waals surface area contributed by atoms with Gasteiger partial charge >= 0.3 is 0 Å². The molecule has 4 rings (SSSR count). The largest absolute Gasteiger partial charge is 0.497 e. The molecule has 0 atom stereocenters. The number of unbranched alkanes of at least 4 members (excludes halogenated alkanes) is 1. The van der Waals surface area contributed by atoms with Crippen molar-refractivity contribution in [3.05, 3.63) is 78.6 Å². The third-order valence-corrected chi connectivity index (χ3v) is 4.84. The molecule has 1 aromatic heterocycles. The lowest BCUT2D eigenvalue weighted by atomic mass is 10.2. The summed E-state index contributed by atoms with van der Waals surface area (Å²) in [5, 5.41) is 0. The van der Waals surface area contributed by atoms with E-state index in [0.29, 0.717) is 6.61 Å². The fraction of sp³-hybridized carbons (Fsp3) is 0.208. The zero-order valence-corrected chi connectivity index (χ0v) is 16.3. The Bertz CT molecular complexity index is 1090. The molecule has 0 bridgehead atoms. The van der Waals surface area contributed by atoms with Crippen LogP contribution in [-0.4, -0.2) is 23.3 Å². The Morgan fingerprint density at radius 1 is 0.897 bits per heavy atom. The molecule has 0 N–H and O–H groups in total. The molecular weight excluding hydrogens is 367 g/mol. The van der Waals surface area contributed by atoms with Gasteiger partial charge in [0.05, 0.1) is 24.8 Å². The molecule has 0 unspecified atom stereocenters. The second-order valence-electron chi connectivity index (χ2n) is 6.82. The maximum atomic E-state index is 13.3. The highest BCUT2D eigenvalue weighted by Crippen LogP contribution is 2.26. The molecule has 0 spiro atoms. The summed E-state index contributed by atoms with van der Waals surface area (Å²) >= 11 is 0. The second kappa shape index (κ2) is 8.78. The average molecular weight is 390 g/mol. The van der Waals surface area contributed by atoms with Crippen molar-refractivity contribution in [1.29, 1.82) is 0 Å². The molecule has 0 aliphatic rings. The van der Waals surface area contributed by atoms with Gasteiger partial charge in [-0.3, -0.25) is 0 Å². The van der Waals surface area contributed by atoms with Crippen molar-refractivity contribution in [2.45, 2.75) is 19.4 Å². The van der Waals surface area contributed by atoms with Crippen LogP contribution in [0.5, 0.6) is 11.5 Å². The maximum Gasteiger partial charge on any atom is 0.141 e. The van der Waals surface area contributed by atoms with E-state index >= 15 is 0 Å². The van der Waals surface area contributed by atoms with Crippen LogP contribution in [-0.2, 0) is 6.54 Å². The Morgan fingerprint density at radius 3 is 2.52 bits per heavy atom. The first-order valence-corrected chi connectivity index (χ1v) is 9.72. The SMILES string of the molecule is COc1cccc(OCCCCn2c(-c3ccc(F)cc3)nc3ccccc32)c1. The van der Waals surface area contributed by atoms with Gasteiger partial charge in [0.2, 0.25) is 0 Å². The lowest BCUT2D eigenvalue weighted by Gasteiger charge is -2.11. The highest BCUT2D eigenvalue weighted by atomic mass is 19.1. The molecule has 0 amide bonds. The van der Waals surface area contributed by atoms with Crippen LogP contribution in [0.15, 0.2) is 72.8 Å². The van der Waals surface area contributed by atoms with Gasteiger partial charge in [0.1, 0.15) is 23.1 Å².